The molecule has 42 heavy (non-hydrogen) atoms. The van der Waals surface area contributed by atoms with Crippen molar-refractivity contribution in [2.75, 3.05) is 39.9 Å². The van der Waals surface area contributed by atoms with Crippen molar-refractivity contribution >= 4 is 17.8 Å². The summed E-state index contributed by atoms with van der Waals surface area (Å²) in [6, 6.07) is 5.85. The van der Waals surface area contributed by atoms with Gasteiger partial charge in [-0.1, -0.05) is 0 Å². The minimum atomic E-state index is -5.45. The van der Waals surface area contributed by atoms with Gasteiger partial charge in [-0.25, -0.2) is 13.6 Å². The van der Waals surface area contributed by atoms with Crippen LogP contribution in [-0.4, -0.2) is 89.7 Å². The molecule has 4 rings (SSSR count). The maximum Gasteiger partial charge on any atom is 0.493 e. The summed E-state index contributed by atoms with van der Waals surface area (Å²) in [5, 5.41) is -0.0153. The smallest absolute Gasteiger partial charge is 0.384 e. The van der Waals surface area contributed by atoms with E-state index in [0.717, 1.165) is 45.4 Å². The highest BCUT2D eigenvalue weighted by molar-refractivity contribution is 5.98. The molecule has 0 bridgehead atoms. The third-order valence-corrected chi connectivity index (χ3v) is 7.43. The van der Waals surface area contributed by atoms with Gasteiger partial charge in [0.1, 0.15) is 18.2 Å². The lowest BCUT2D eigenvalue weighted by molar-refractivity contribution is -0.230. The van der Waals surface area contributed by atoms with Gasteiger partial charge in [-0.05, 0) is 62.4 Å². The molecule has 1 aromatic carbocycles. The van der Waals surface area contributed by atoms with E-state index >= 15 is 0 Å². The second-order valence-electron chi connectivity index (χ2n) is 10.4. The van der Waals surface area contributed by atoms with Crippen molar-refractivity contribution in [3.8, 4) is 0 Å². The maximum atomic E-state index is 14.1. The Hall–Kier alpha value is -3.65. The molecule has 2 aliphatic heterocycles. The highest BCUT2D eigenvalue weighted by Gasteiger charge is 2.43. The summed E-state index contributed by atoms with van der Waals surface area (Å²) in [5.74, 6) is -6.01. The molecule has 0 N–H and O–H groups in total. The Labute approximate surface area is 239 Å². The van der Waals surface area contributed by atoms with Gasteiger partial charge < -0.3 is 14.5 Å². The van der Waals surface area contributed by atoms with Crippen LogP contribution in [-0.2, 0) is 20.9 Å². The van der Waals surface area contributed by atoms with Crippen molar-refractivity contribution in [1.82, 2.24) is 19.8 Å². The summed E-state index contributed by atoms with van der Waals surface area (Å²) in [6.07, 6.45) is -0.967. The molecule has 14 heteroatoms. The number of ether oxygens (including phenoxy) is 1. The first-order valence-electron chi connectivity index (χ1n) is 13.5. The summed E-state index contributed by atoms with van der Waals surface area (Å²) < 4.78 is 71.1. The zero-order valence-electron chi connectivity index (χ0n) is 22.9. The van der Waals surface area contributed by atoms with Gasteiger partial charge in [0, 0.05) is 50.0 Å². The number of nitrogens with zero attached hydrogens (tertiary/aromatic N) is 4. The normalized spacial score (nSPS) is 18.5. The maximum absolute atomic E-state index is 14.1. The number of hydroxylamine groups is 2. The van der Waals surface area contributed by atoms with Gasteiger partial charge in [0.2, 0.25) is 0 Å². The van der Waals surface area contributed by atoms with Crippen molar-refractivity contribution in [2.24, 2.45) is 5.92 Å². The minimum Gasteiger partial charge on any atom is -0.384 e. The summed E-state index contributed by atoms with van der Waals surface area (Å²) in [7, 11) is 1.71. The molecule has 2 fully saturated rings. The van der Waals surface area contributed by atoms with E-state index in [4.69, 9.17) is 4.74 Å². The monoisotopic (exact) mass is 598 g/mol. The van der Waals surface area contributed by atoms with E-state index in [1.807, 2.05) is 0 Å². The first-order valence-corrected chi connectivity index (χ1v) is 13.5. The second-order valence-corrected chi connectivity index (χ2v) is 10.4. The quantitative estimate of drug-likeness (QED) is 0.352. The predicted molar refractivity (Wildman–Crippen MR) is 138 cm³/mol. The molecule has 0 aliphatic carbocycles. The average molecular weight is 599 g/mol. The molecule has 2 saturated heterocycles. The Kier molecular flexibility index (Phi) is 10.1. The number of pyridine rings is 1. The molecule has 0 saturated carbocycles. The highest BCUT2D eigenvalue weighted by Crippen LogP contribution is 2.25. The fourth-order valence-corrected chi connectivity index (χ4v) is 5.31. The Balaban J connectivity index is 1.40. The SMILES string of the molecule is COCC1CCCN(C2CCN(C(=O)c3ccc(C(=O)N(Cc4ncc(F)cc4F)OC(=O)C(F)(F)F)cc3)CC2)C1. The van der Waals surface area contributed by atoms with Crippen molar-refractivity contribution in [3.05, 3.63) is 65.0 Å². The van der Waals surface area contributed by atoms with Crippen molar-refractivity contribution in [3.63, 3.8) is 0 Å². The lowest BCUT2D eigenvalue weighted by Gasteiger charge is -2.42. The van der Waals surface area contributed by atoms with E-state index in [0.29, 0.717) is 37.3 Å². The number of carbonyl (C=O) groups excluding carboxylic acids is 3. The molecule has 1 unspecified atom stereocenters. The topological polar surface area (TPSA) is 92.3 Å². The number of methoxy groups -OCH3 is 1. The lowest BCUT2D eigenvalue weighted by atomic mass is 9.94. The molecular weight excluding hydrogens is 567 g/mol. The fraction of sp³-hybridized carbons (Fsp3) is 0.500. The van der Waals surface area contributed by atoms with Gasteiger partial charge in [-0.3, -0.25) is 19.5 Å². The number of piperidine rings is 2. The number of alkyl halides is 3. The van der Waals surface area contributed by atoms with E-state index in [9.17, 15) is 36.3 Å². The number of hydrogen-bond donors (Lipinski definition) is 0. The molecule has 2 aromatic rings. The van der Waals surface area contributed by atoms with Crippen LogP contribution in [0.2, 0.25) is 0 Å². The standard InChI is InChI=1S/C28H31F5N4O5/c1-41-17-18-3-2-10-36(15-18)22-8-11-35(12-9-22)25(38)19-4-6-20(7-5-19)26(39)37(42-27(40)28(31,32)33)16-24-23(30)13-21(29)14-34-24/h4-7,13-14,18,22H,2-3,8-12,15-17H2,1H3. The minimum absolute atomic E-state index is 0.0153. The number of likely N-dealkylation sites (tertiary alicyclic amines) is 2. The Bertz CT molecular complexity index is 1270. The molecule has 1 atom stereocenters. The van der Waals surface area contributed by atoms with E-state index in [1.165, 1.54) is 24.3 Å². The number of carbonyl (C=O) groups is 3. The summed E-state index contributed by atoms with van der Waals surface area (Å²) >= 11 is 0. The van der Waals surface area contributed by atoms with Gasteiger partial charge in [0.25, 0.3) is 11.8 Å². The average Bonchev–Trinajstić information content (AvgIpc) is 2.97. The molecular formula is C28H31F5N4O5. The van der Waals surface area contributed by atoms with E-state index in [1.54, 1.807) is 12.0 Å². The van der Waals surface area contributed by atoms with E-state index in [2.05, 4.69) is 14.7 Å². The number of rotatable bonds is 7. The predicted octanol–water partition coefficient (Wildman–Crippen LogP) is 3.99. The molecule has 2 aliphatic rings. The highest BCUT2D eigenvalue weighted by atomic mass is 19.4. The Morgan fingerprint density at radius 1 is 1.02 bits per heavy atom. The van der Waals surface area contributed by atoms with E-state index < -0.39 is 41.9 Å². The van der Waals surface area contributed by atoms with Crippen molar-refractivity contribution in [1.29, 1.82) is 0 Å². The fourth-order valence-electron chi connectivity index (χ4n) is 5.31. The van der Waals surface area contributed by atoms with Crippen LogP contribution >= 0.6 is 0 Å². The molecule has 1 aromatic heterocycles. The third-order valence-electron chi connectivity index (χ3n) is 7.43. The largest absolute Gasteiger partial charge is 0.493 e. The number of halogens is 5. The van der Waals surface area contributed by atoms with Gasteiger partial charge in [0.05, 0.1) is 18.5 Å². The third kappa shape index (κ3) is 7.79. The zero-order valence-corrected chi connectivity index (χ0v) is 22.9. The molecule has 228 valence electrons. The Morgan fingerprint density at radius 2 is 1.69 bits per heavy atom. The Morgan fingerprint density at radius 3 is 2.31 bits per heavy atom. The van der Waals surface area contributed by atoms with Crippen molar-refractivity contribution in [2.45, 2.75) is 44.4 Å². The van der Waals surface area contributed by atoms with Crippen LogP contribution in [0.25, 0.3) is 0 Å². The molecule has 3 heterocycles. The van der Waals surface area contributed by atoms with Crippen LogP contribution in [0.15, 0.2) is 36.5 Å². The van der Waals surface area contributed by atoms with Crippen LogP contribution in [0, 0.1) is 17.6 Å². The van der Waals surface area contributed by atoms with Crippen LogP contribution < -0.4 is 0 Å². The molecule has 2 amide bonds. The molecule has 0 radical (unpaired) electrons. The van der Waals surface area contributed by atoms with Gasteiger partial charge in [-0.15, -0.1) is 0 Å². The van der Waals surface area contributed by atoms with Gasteiger partial charge >= 0.3 is 12.1 Å². The molecule has 0 spiro atoms. The number of aromatic nitrogens is 1. The first-order chi connectivity index (χ1) is 20.0. The summed E-state index contributed by atoms with van der Waals surface area (Å²) in [6.45, 7) is 2.80. The van der Waals surface area contributed by atoms with Gasteiger partial charge in [-0.2, -0.15) is 18.2 Å². The zero-order chi connectivity index (χ0) is 30.4. The number of benzene rings is 1. The van der Waals surface area contributed by atoms with Crippen LogP contribution in [0.4, 0.5) is 22.0 Å². The van der Waals surface area contributed by atoms with Crippen LogP contribution in [0.3, 0.4) is 0 Å². The number of hydrogen-bond acceptors (Lipinski definition) is 7. The molecule has 9 nitrogen and oxygen atoms in total. The summed E-state index contributed by atoms with van der Waals surface area (Å²) in [4.78, 5) is 49.4. The van der Waals surface area contributed by atoms with Crippen molar-refractivity contribution < 1.29 is 45.9 Å². The van der Waals surface area contributed by atoms with Crippen LogP contribution in [0.1, 0.15) is 52.1 Å². The van der Waals surface area contributed by atoms with Gasteiger partial charge in [0.15, 0.2) is 0 Å². The van der Waals surface area contributed by atoms with Crippen LogP contribution in [0.5, 0.6) is 0 Å². The number of amides is 2. The summed E-state index contributed by atoms with van der Waals surface area (Å²) in [5.41, 5.74) is -0.611. The van der Waals surface area contributed by atoms with E-state index in [-0.39, 0.29) is 22.1 Å². The first kappa shape index (κ1) is 31.3. The second kappa shape index (κ2) is 13.6. The lowest BCUT2D eigenvalue weighted by Crippen LogP contribution is -2.50.